The highest BCUT2D eigenvalue weighted by atomic mass is 16.5. The van der Waals surface area contributed by atoms with Crippen LogP contribution in [-0.4, -0.2) is 26.2 Å². The van der Waals surface area contributed by atoms with Gasteiger partial charge in [0.1, 0.15) is 0 Å². The SMILES string of the molecule is COC(=O)C(C(=O)OC)[C@@H](C)c1ccc2ccccc2c1. The lowest BCUT2D eigenvalue weighted by molar-refractivity contribution is -0.159. The van der Waals surface area contributed by atoms with Crippen molar-refractivity contribution in [3.63, 3.8) is 0 Å². The molecule has 0 aliphatic carbocycles. The van der Waals surface area contributed by atoms with Crippen LogP contribution >= 0.6 is 0 Å². The van der Waals surface area contributed by atoms with E-state index >= 15 is 0 Å². The molecule has 0 fully saturated rings. The largest absolute Gasteiger partial charge is 0.468 e. The minimum atomic E-state index is -0.957. The third-order valence-electron chi connectivity index (χ3n) is 3.71. The fourth-order valence-corrected chi connectivity index (χ4v) is 2.44. The van der Waals surface area contributed by atoms with Gasteiger partial charge < -0.3 is 9.47 Å². The van der Waals surface area contributed by atoms with Gasteiger partial charge in [0.2, 0.25) is 0 Å². The fourth-order valence-electron chi connectivity index (χ4n) is 2.44. The van der Waals surface area contributed by atoms with E-state index in [2.05, 4.69) is 0 Å². The Balaban J connectivity index is 2.40. The summed E-state index contributed by atoms with van der Waals surface area (Å²) in [5, 5.41) is 2.18. The number of carbonyl (C=O) groups excluding carboxylic acids is 2. The van der Waals surface area contributed by atoms with E-state index in [1.54, 1.807) is 0 Å². The number of methoxy groups -OCH3 is 2. The molecule has 4 heteroatoms. The van der Waals surface area contributed by atoms with Crippen LogP contribution in [0.5, 0.6) is 0 Å². The van der Waals surface area contributed by atoms with Crippen molar-refractivity contribution in [2.75, 3.05) is 14.2 Å². The van der Waals surface area contributed by atoms with Gasteiger partial charge in [-0.05, 0) is 16.3 Å². The Labute approximate surface area is 123 Å². The lowest BCUT2D eigenvalue weighted by atomic mass is 9.86. The van der Waals surface area contributed by atoms with Crippen LogP contribution in [0.1, 0.15) is 18.4 Å². The van der Waals surface area contributed by atoms with Gasteiger partial charge in [0.05, 0.1) is 14.2 Å². The normalized spacial score (nSPS) is 12.2. The lowest BCUT2D eigenvalue weighted by Crippen LogP contribution is -2.31. The van der Waals surface area contributed by atoms with Crippen LogP contribution in [0, 0.1) is 5.92 Å². The molecule has 110 valence electrons. The predicted octanol–water partition coefficient (Wildman–Crippen LogP) is 2.91. The number of hydrogen-bond donors (Lipinski definition) is 0. The van der Waals surface area contributed by atoms with Crippen LogP contribution in [0.15, 0.2) is 42.5 Å². The summed E-state index contributed by atoms with van der Waals surface area (Å²) in [5.74, 6) is -2.44. The van der Waals surface area contributed by atoms with Crippen molar-refractivity contribution in [2.45, 2.75) is 12.8 Å². The molecule has 0 radical (unpaired) electrons. The Morgan fingerprint density at radius 2 is 1.48 bits per heavy atom. The van der Waals surface area contributed by atoms with E-state index in [4.69, 9.17) is 9.47 Å². The summed E-state index contributed by atoms with van der Waals surface area (Å²) >= 11 is 0. The third-order valence-corrected chi connectivity index (χ3v) is 3.71. The number of rotatable bonds is 4. The second-order valence-corrected chi connectivity index (χ2v) is 4.92. The van der Waals surface area contributed by atoms with E-state index in [1.165, 1.54) is 14.2 Å². The average molecular weight is 286 g/mol. The molecular weight excluding hydrogens is 268 g/mol. The Hall–Kier alpha value is -2.36. The highest BCUT2D eigenvalue weighted by molar-refractivity contribution is 5.96. The molecule has 0 aliphatic heterocycles. The first-order chi connectivity index (χ1) is 10.1. The molecule has 1 atom stereocenters. The number of benzene rings is 2. The summed E-state index contributed by atoms with van der Waals surface area (Å²) in [7, 11) is 2.54. The van der Waals surface area contributed by atoms with Crippen molar-refractivity contribution >= 4 is 22.7 Å². The monoisotopic (exact) mass is 286 g/mol. The van der Waals surface area contributed by atoms with Gasteiger partial charge in [-0.1, -0.05) is 49.4 Å². The molecular formula is C17H18O4. The lowest BCUT2D eigenvalue weighted by Gasteiger charge is -2.20. The molecule has 2 aromatic rings. The molecule has 0 aliphatic rings. The summed E-state index contributed by atoms with van der Waals surface area (Å²) < 4.78 is 9.45. The molecule has 0 heterocycles. The van der Waals surface area contributed by atoms with Crippen LogP contribution in [0.25, 0.3) is 10.8 Å². The number of carbonyl (C=O) groups is 2. The van der Waals surface area contributed by atoms with Gasteiger partial charge in [0.25, 0.3) is 0 Å². The smallest absolute Gasteiger partial charge is 0.320 e. The molecule has 0 unspecified atom stereocenters. The van der Waals surface area contributed by atoms with Gasteiger partial charge in [0.15, 0.2) is 5.92 Å². The summed E-state index contributed by atoms with van der Waals surface area (Å²) in [6.45, 7) is 1.82. The molecule has 2 aromatic carbocycles. The molecule has 0 spiro atoms. The number of hydrogen-bond acceptors (Lipinski definition) is 4. The molecule has 2 rings (SSSR count). The Morgan fingerprint density at radius 1 is 0.905 bits per heavy atom. The first kappa shape index (κ1) is 15.0. The van der Waals surface area contributed by atoms with Crippen LogP contribution < -0.4 is 0 Å². The summed E-state index contributed by atoms with van der Waals surface area (Å²) in [4.78, 5) is 23.7. The summed E-state index contributed by atoms with van der Waals surface area (Å²) in [5.41, 5.74) is 0.898. The zero-order chi connectivity index (χ0) is 15.4. The van der Waals surface area contributed by atoms with Crippen molar-refractivity contribution in [3.05, 3.63) is 48.0 Å². The van der Waals surface area contributed by atoms with E-state index in [1.807, 2.05) is 49.4 Å². The maximum atomic E-state index is 11.9. The topological polar surface area (TPSA) is 52.6 Å². The fraction of sp³-hybridized carbons (Fsp3) is 0.294. The third kappa shape index (κ3) is 3.05. The highest BCUT2D eigenvalue weighted by Gasteiger charge is 2.35. The van der Waals surface area contributed by atoms with Gasteiger partial charge in [-0.2, -0.15) is 0 Å². The van der Waals surface area contributed by atoms with Crippen molar-refractivity contribution in [3.8, 4) is 0 Å². The molecule has 0 saturated carbocycles. The first-order valence-corrected chi connectivity index (χ1v) is 6.73. The van der Waals surface area contributed by atoms with Crippen LogP contribution in [0.4, 0.5) is 0 Å². The molecule has 0 saturated heterocycles. The van der Waals surface area contributed by atoms with Gasteiger partial charge in [-0.25, -0.2) is 0 Å². The molecule has 0 N–H and O–H groups in total. The van der Waals surface area contributed by atoms with Gasteiger partial charge in [-0.15, -0.1) is 0 Å². The average Bonchev–Trinajstić information content (AvgIpc) is 2.53. The van der Waals surface area contributed by atoms with E-state index < -0.39 is 17.9 Å². The summed E-state index contributed by atoms with van der Waals surface area (Å²) in [6, 6.07) is 13.8. The number of esters is 2. The zero-order valence-electron chi connectivity index (χ0n) is 12.3. The molecule has 0 bridgehead atoms. The molecule has 4 nitrogen and oxygen atoms in total. The second kappa shape index (κ2) is 6.39. The Morgan fingerprint density at radius 3 is 2.05 bits per heavy atom. The molecule has 0 amide bonds. The maximum Gasteiger partial charge on any atom is 0.320 e. The first-order valence-electron chi connectivity index (χ1n) is 6.73. The van der Waals surface area contributed by atoms with Gasteiger partial charge in [-0.3, -0.25) is 9.59 Å². The van der Waals surface area contributed by atoms with Gasteiger partial charge in [0, 0.05) is 5.92 Å². The van der Waals surface area contributed by atoms with Crippen LogP contribution in [-0.2, 0) is 19.1 Å². The van der Waals surface area contributed by atoms with E-state index in [0.717, 1.165) is 16.3 Å². The van der Waals surface area contributed by atoms with Crippen molar-refractivity contribution in [2.24, 2.45) is 5.92 Å². The Kier molecular flexibility index (Phi) is 4.58. The quantitative estimate of drug-likeness (QED) is 0.640. The molecule has 21 heavy (non-hydrogen) atoms. The van der Waals surface area contributed by atoms with Gasteiger partial charge >= 0.3 is 11.9 Å². The molecule has 0 aromatic heterocycles. The van der Waals surface area contributed by atoms with E-state index in [-0.39, 0.29) is 5.92 Å². The minimum absolute atomic E-state index is 0.325. The van der Waals surface area contributed by atoms with Crippen LogP contribution in [0.3, 0.4) is 0 Å². The van der Waals surface area contributed by atoms with Crippen LogP contribution in [0.2, 0.25) is 0 Å². The standard InChI is InChI=1S/C17H18O4/c1-11(15(16(18)20-2)17(19)21-3)13-9-8-12-6-4-5-7-14(12)10-13/h4-11,15H,1-3H3/t11-/m0/s1. The van der Waals surface area contributed by atoms with E-state index in [9.17, 15) is 9.59 Å². The Bertz CT molecular complexity index is 647. The van der Waals surface area contributed by atoms with Crippen molar-refractivity contribution in [1.82, 2.24) is 0 Å². The van der Waals surface area contributed by atoms with Crippen molar-refractivity contribution in [1.29, 1.82) is 0 Å². The minimum Gasteiger partial charge on any atom is -0.468 e. The second-order valence-electron chi connectivity index (χ2n) is 4.92. The maximum absolute atomic E-state index is 11.9. The predicted molar refractivity (Wildman–Crippen MR) is 79.9 cm³/mol. The van der Waals surface area contributed by atoms with Crippen molar-refractivity contribution < 1.29 is 19.1 Å². The number of fused-ring (bicyclic) bond motifs is 1. The summed E-state index contributed by atoms with van der Waals surface area (Å²) in [6.07, 6.45) is 0. The number of ether oxygens (including phenoxy) is 2. The zero-order valence-corrected chi connectivity index (χ0v) is 12.3. The highest BCUT2D eigenvalue weighted by Crippen LogP contribution is 2.29. The van der Waals surface area contributed by atoms with E-state index in [0.29, 0.717) is 0 Å².